The van der Waals surface area contributed by atoms with Crippen molar-refractivity contribution in [1.82, 2.24) is 0 Å². The van der Waals surface area contributed by atoms with E-state index in [1.807, 2.05) is 6.92 Å². The van der Waals surface area contributed by atoms with Crippen LogP contribution in [0.5, 0.6) is 0 Å². The average molecular weight is 322 g/mol. The molecule has 0 radical (unpaired) electrons. The van der Waals surface area contributed by atoms with Gasteiger partial charge in [0.25, 0.3) is 0 Å². The summed E-state index contributed by atoms with van der Waals surface area (Å²) in [6.07, 6.45) is 8.40. The van der Waals surface area contributed by atoms with Crippen LogP contribution in [-0.4, -0.2) is 21.8 Å². The number of allylic oxidation sites excluding steroid dienone is 1. The van der Waals surface area contributed by atoms with Crippen LogP contribution < -0.4 is 0 Å². The van der Waals surface area contributed by atoms with Crippen molar-refractivity contribution in [2.75, 3.05) is 0 Å². The average Bonchev–Trinajstić information content (AvgIpc) is 2.41. The number of hydrogen-bond acceptors (Lipinski definition) is 2. The summed E-state index contributed by atoms with van der Waals surface area (Å²) in [7, 11) is 0. The minimum Gasteiger partial charge on any atom is -0.478 e. The van der Waals surface area contributed by atoms with Crippen LogP contribution >= 0.6 is 0 Å². The fourth-order valence-corrected chi connectivity index (χ4v) is 5.77. The molecule has 0 aliphatic heterocycles. The Morgan fingerprint density at radius 1 is 1.22 bits per heavy atom. The Bertz CT molecular complexity index is 493. The van der Waals surface area contributed by atoms with Gasteiger partial charge < -0.3 is 10.2 Å². The highest BCUT2D eigenvalue weighted by Gasteiger charge is 2.60. The van der Waals surface area contributed by atoms with E-state index in [1.54, 1.807) is 0 Å². The van der Waals surface area contributed by atoms with Crippen LogP contribution in [0.4, 0.5) is 0 Å². The molecule has 0 spiro atoms. The highest BCUT2D eigenvalue weighted by molar-refractivity contribution is 5.80. The molecule has 3 nitrogen and oxygen atoms in total. The topological polar surface area (TPSA) is 57.5 Å². The van der Waals surface area contributed by atoms with Crippen LogP contribution in [0, 0.1) is 22.7 Å². The highest BCUT2D eigenvalue weighted by atomic mass is 16.4. The molecular weight excluding hydrogens is 288 g/mol. The number of carbonyl (C=O) groups is 1. The van der Waals surface area contributed by atoms with Crippen molar-refractivity contribution in [3.8, 4) is 0 Å². The summed E-state index contributed by atoms with van der Waals surface area (Å²) >= 11 is 0. The molecule has 2 N–H and O–H groups in total. The molecule has 2 rings (SSSR count). The van der Waals surface area contributed by atoms with E-state index in [1.165, 1.54) is 25.3 Å². The lowest BCUT2D eigenvalue weighted by Crippen LogP contribution is -2.62. The summed E-state index contributed by atoms with van der Waals surface area (Å²) in [5.41, 5.74) is 0.378. The van der Waals surface area contributed by atoms with Crippen molar-refractivity contribution in [3.63, 3.8) is 0 Å². The zero-order valence-corrected chi connectivity index (χ0v) is 15.5. The molecule has 2 aliphatic rings. The summed E-state index contributed by atoms with van der Waals surface area (Å²) in [5, 5.41) is 20.6. The molecule has 2 aliphatic carbocycles. The second-order valence-corrected chi connectivity index (χ2v) is 9.04. The predicted octanol–water partition coefficient (Wildman–Crippen LogP) is 4.79. The summed E-state index contributed by atoms with van der Waals surface area (Å²) in [4.78, 5) is 10.8. The summed E-state index contributed by atoms with van der Waals surface area (Å²) < 4.78 is 0. The fraction of sp³-hybridized carbons (Fsp3) is 0.850. The van der Waals surface area contributed by atoms with Crippen LogP contribution in [-0.2, 0) is 4.79 Å². The molecule has 0 heterocycles. The molecule has 3 heteroatoms. The predicted molar refractivity (Wildman–Crippen MR) is 93.2 cm³/mol. The minimum atomic E-state index is -0.894. The van der Waals surface area contributed by atoms with Crippen molar-refractivity contribution in [1.29, 1.82) is 0 Å². The maximum Gasteiger partial charge on any atom is 0.328 e. The van der Waals surface area contributed by atoms with Gasteiger partial charge in [-0.2, -0.15) is 0 Å². The number of aliphatic hydroxyl groups is 1. The molecule has 4 atom stereocenters. The molecule has 0 aromatic rings. The number of rotatable bonds is 4. The Kier molecular flexibility index (Phi) is 5.02. The van der Waals surface area contributed by atoms with Gasteiger partial charge in [0.15, 0.2) is 0 Å². The van der Waals surface area contributed by atoms with Crippen LogP contribution in [0.3, 0.4) is 0 Å². The lowest BCUT2D eigenvalue weighted by Gasteiger charge is -2.63. The molecular formula is C20H34O3. The van der Waals surface area contributed by atoms with Gasteiger partial charge in [0.1, 0.15) is 0 Å². The minimum absolute atomic E-state index is 0.0596. The maximum atomic E-state index is 11.7. The first-order chi connectivity index (χ1) is 10.5. The number of carboxylic acid groups (broad SMARTS) is 1. The first-order valence-corrected chi connectivity index (χ1v) is 9.15. The Labute approximate surface area is 141 Å². The summed E-state index contributed by atoms with van der Waals surface area (Å²) in [5.74, 6) is -0.0712. The van der Waals surface area contributed by atoms with Crippen LogP contribution in [0.2, 0.25) is 0 Å². The molecule has 23 heavy (non-hydrogen) atoms. The number of aliphatic carboxylic acids is 1. The molecule has 0 saturated heterocycles. The molecule has 2 saturated carbocycles. The number of carboxylic acids is 1. The highest BCUT2D eigenvalue weighted by Crippen LogP contribution is 2.63. The summed E-state index contributed by atoms with van der Waals surface area (Å²) in [6.45, 7) is 11.1. The van der Waals surface area contributed by atoms with E-state index in [0.717, 1.165) is 18.4 Å². The lowest BCUT2D eigenvalue weighted by atomic mass is 9.44. The third-order valence-electron chi connectivity index (χ3n) is 7.19. The van der Waals surface area contributed by atoms with Crippen LogP contribution in [0.25, 0.3) is 0 Å². The van der Waals surface area contributed by atoms with Crippen molar-refractivity contribution in [3.05, 3.63) is 11.6 Å². The molecule has 132 valence electrons. The van der Waals surface area contributed by atoms with Gasteiger partial charge in [0.05, 0.1) is 5.60 Å². The van der Waals surface area contributed by atoms with E-state index >= 15 is 0 Å². The second kappa shape index (κ2) is 6.23. The zero-order valence-electron chi connectivity index (χ0n) is 15.5. The van der Waals surface area contributed by atoms with E-state index in [-0.39, 0.29) is 16.7 Å². The van der Waals surface area contributed by atoms with E-state index < -0.39 is 11.6 Å². The molecule has 2 fully saturated rings. The molecule has 0 bridgehead atoms. The molecule has 1 unspecified atom stereocenters. The number of hydrogen-bond donors (Lipinski definition) is 2. The van der Waals surface area contributed by atoms with Crippen molar-refractivity contribution >= 4 is 5.97 Å². The first-order valence-electron chi connectivity index (χ1n) is 9.15. The van der Waals surface area contributed by atoms with Crippen LogP contribution in [0.1, 0.15) is 79.6 Å². The Morgan fingerprint density at radius 3 is 2.48 bits per heavy atom. The van der Waals surface area contributed by atoms with Crippen molar-refractivity contribution in [2.45, 2.75) is 85.2 Å². The monoisotopic (exact) mass is 322 g/mol. The van der Waals surface area contributed by atoms with E-state index in [9.17, 15) is 9.90 Å². The van der Waals surface area contributed by atoms with Gasteiger partial charge in [-0.1, -0.05) is 39.7 Å². The smallest absolute Gasteiger partial charge is 0.328 e. The van der Waals surface area contributed by atoms with Crippen molar-refractivity contribution < 1.29 is 15.0 Å². The largest absolute Gasteiger partial charge is 0.478 e. The Hall–Kier alpha value is -0.830. The lowest BCUT2D eigenvalue weighted by molar-refractivity contribution is -0.211. The van der Waals surface area contributed by atoms with Gasteiger partial charge in [0.2, 0.25) is 0 Å². The zero-order chi connectivity index (χ0) is 17.5. The standard InChI is InChI=1S/C20H34O3/c1-14(13-17(21)22)9-12-20(23)15(2)7-8-16-18(3,4)10-6-11-19(16,20)5/h13,15-16,23H,6-12H2,1-5H3,(H,21,22)/t15?,16-,19+,20-/m1/s1. The van der Waals surface area contributed by atoms with Crippen LogP contribution in [0.15, 0.2) is 11.6 Å². The van der Waals surface area contributed by atoms with E-state index in [0.29, 0.717) is 18.8 Å². The molecule has 0 aromatic carbocycles. The van der Waals surface area contributed by atoms with Crippen molar-refractivity contribution in [2.24, 2.45) is 22.7 Å². The summed E-state index contributed by atoms with van der Waals surface area (Å²) in [6, 6.07) is 0. The van der Waals surface area contributed by atoms with Gasteiger partial charge >= 0.3 is 5.97 Å². The normalized spacial score (nSPS) is 40.5. The van der Waals surface area contributed by atoms with E-state index in [4.69, 9.17) is 5.11 Å². The van der Waals surface area contributed by atoms with Gasteiger partial charge in [-0.05, 0) is 68.1 Å². The quantitative estimate of drug-likeness (QED) is 0.732. The van der Waals surface area contributed by atoms with E-state index in [2.05, 4.69) is 27.7 Å². The number of fused-ring (bicyclic) bond motifs is 1. The third kappa shape index (κ3) is 3.22. The van der Waals surface area contributed by atoms with Gasteiger partial charge in [-0.25, -0.2) is 4.79 Å². The van der Waals surface area contributed by atoms with Gasteiger partial charge in [-0.3, -0.25) is 0 Å². The first kappa shape index (κ1) is 18.5. The maximum absolute atomic E-state index is 11.7. The third-order valence-corrected chi connectivity index (χ3v) is 7.19. The Balaban J connectivity index is 2.27. The van der Waals surface area contributed by atoms with Gasteiger partial charge in [-0.15, -0.1) is 0 Å². The Morgan fingerprint density at radius 2 is 1.87 bits per heavy atom. The SMILES string of the molecule is CC(=CC(=O)O)CC[C@@]1(O)C(C)CC[C@@H]2C(C)(C)CCC[C@@]21C. The molecule has 0 aromatic heterocycles. The van der Waals surface area contributed by atoms with Gasteiger partial charge in [0, 0.05) is 6.08 Å². The second-order valence-electron chi connectivity index (χ2n) is 9.04. The fourth-order valence-electron chi connectivity index (χ4n) is 5.77. The molecule has 0 amide bonds.